The number of halogens is 1. The van der Waals surface area contributed by atoms with E-state index in [2.05, 4.69) is 17.2 Å². The van der Waals surface area contributed by atoms with Gasteiger partial charge in [0.15, 0.2) is 17.6 Å². The highest BCUT2D eigenvalue weighted by molar-refractivity contribution is 6.30. The molecule has 0 radical (unpaired) electrons. The third-order valence-corrected chi connectivity index (χ3v) is 6.00. The van der Waals surface area contributed by atoms with Crippen molar-refractivity contribution in [2.24, 2.45) is 0 Å². The Morgan fingerprint density at radius 1 is 1.16 bits per heavy atom. The fourth-order valence-electron chi connectivity index (χ4n) is 4.08. The van der Waals surface area contributed by atoms with E-state index in [9.17, 15) is 9.90 Å². The van der Waals surface area contributed by atoms with Gasteiger partial charge in [-0.1, -0.05) is 55.5 Å². The van der Waals surface area contributed by atoms with Crippen LogP contribution in [0.25, 0.3) is 0 Å². The molecule has 0 saturated heterocycles. The Morgan fingerprint density at radius 2 is 1.91 bits per heavy atom. The first-order chi connectivity index (χ1) is 15.5. The standard InChI is InChI=1S/C26H30ClNO4/c1-3-4-7-16-32-23-15-12-19(17-24(23)31-2)21-8-5-6-9-22(21)28-26(30)25(29)18-10-13-20(27)14-11-18/h10-15,17,21-22,25,29H,3,5-6,8-9,16H2,1-2H3,(H,28,30)/t21-,22+,25?/m0/s1. The Balaban J connectivity index is 1.72. The number of aliphatic hydroxyl groups excluding tert-OH is 1. The first-order valence-electron chi connectivity index (χ1n) is 11.0. The van der Waals surface area contributed by atoms with Gasteiger partial charge < -0.3 is 19.9 Å². The summed E-state index contributed by atoms with van der Waals surface area (Å²) in [6, 6.07) is 12.5. The predicted molar refractivity (Wildman–Crippen MR) is 126 cm³/mol. The first kappa shape index (κ1) is 24.0. The van der Waals surface area contributed by atoms with E-state index in [4.69, 9.17) is 21.1 Å². The van der Waals surface area contributed by atoms with Crippen molar-refractivity contribution in [3.05, 3.63) is 58.6 Å². The second-order valence-electron chi connectivity index (χ2n) is 7.87. The van der Waals surface area contributed by atoms with Crippen LogP contribution < -0.4 is 14.8 Å². The number of rotatable bonds is 7. The maximum absolute atomic E-state index is 12.8. The first-order valence-corrected chi connectivity index (χ1v) is 11.4. The molecule has 1 aliphatic rings. The summed E-state index contributed by atoms with van der Waals surface area (Å²) < 4.78 is 11.3. The average Bonchev–Trinajstić information content (AvgIpc) is 2.82. The molecule has 170 valence electrons. The molecular weight excluding hydrogens is 426 g/mol. The number of carbonyl (C=O) groups excluding carboxylic acids is 1. The van der Waals surface area contributed by atoms with E-state index in [1.54, 1.807) is 31.4 Å². The smallest absolute Gasteiger partial charge is 0.253 e. The van der Waals surface area contributed by atoms with Gasteiger partial charge in [-0.2, -0.15) is 0 Å². The van der Waals surface area contributed by atoms with Crippen molar-refractivity contribution in [3.8, 4) is 23.3 Å². The zero-order chi connectivity index (χ0) is 22.9. The number of aliphatic hydroxyl groups is 1. The molecule has 0 bridgehead atoms. The van der Waals surface area contributed by atoms with Gasteiger partial charge in [0.1, 0.15) is 6.61 Å². The molecule has 3 atom stereocenters. The molecule has 2 N–H and O–H groups in total. The van der Waals surface area contributed by atoms with Crippen LogP contribution in [0.3, 0.4) is 0 Å². The zero-order valence-corrected chi connectivity index (χ0v) is 19.3. The van der Waals surface area contributed by atoms with E-state index in [-0.39, 0.29) is 12.0 Å². The third kappa shape index (κ3) is 6.18. The number of carbonyl (C=O) groups is 1. The molecule has 1 saturated carbocycles. The summed E-state index contributed by atoms with van der Waals surface area (Å²) in [5, 5.41) is 14.1. The summed E-state index contributed by atoms with van der Waals surface area (Å²) in [4.78, 5) is 12.8. The van der Waals surface area contributed by atoms with Gasteiger partial charge in [-0.25, -0.2) is 0 Å². The van der Waals surface area contributed by atoms with Gasteiger partial charge in [0.25, 0.3) is 5.91 Å². The van der Waals surface area contributed by atoms with Crippen molar-refractivity contribution < 1.29 is 19.4 Å². The molecule has 5 nitrogen and oxygen atoms in total. The lowest BCUT2D eigenvalue weighted by atomic mass is 9.79. The Hall–Kier alpha value is -2.68. The summed E-state index contributed by atoms with van der Waals surface area (Å²) in [5.41, 5.74) is 1.61. The number of hydrogen-bond acceptors (Lipinski definition) is 4. The highest BCUT2D eigenvalue weighted by Gasteiger charge is 2.30. The third-order valence-electron chi connectivity index (χ3n) is 5.75. The number of methoxy groups -OCH3 is 1. The molecule has 1 amide bonds. The molecular formula is C26H30ClNO4. The lowest BCUT2D eigenvalue weighted by molar-refractivity contribution is -0.130. The second-order valence-corrected chi connectivity index (χ2v) is 8.30. The van der Waals surface area contributed by atoms with E-state index < -0.39 is 12.0 Å². The molecule has 0 spiro atoms. The number of amides is 1. The molecule has 0 aliphatic heterocycles. The van der Waals surface area contributed by atoms with Crippen LogP contribution in [-0.2, 0) is 4.79 Å². The molecule has 1 unspecified atom stereocenters. The largest absolute Gasteiger partial charge is 0.493 e. The minimum atomic E-state index is -1.23. The van der Waals surface area contributed by atoms with Crippen LogP contribution in [0.2, 0.25) is 5.02 Å². The monoisotopic (exact) mass is 455 g/mol. The number of ether oxygens (including phenoxy) is 2. The van der Waals surface area contributed by atoms with Crippen LogP contribution in [0.4, 0.5) is 0 Å². The summed E-state index contributed by atoms with van der Waals surface area (Å²) in [6.45, 7) is 2.31. The van der Waals surface area contributed by atoms with Gasteiger partial charge in [-0.15, -0.1) is 5.92 Å². The quantitative estimate of drug-likeness (QED) is 0.575. The fraction of sp³-hybridized carbons (Fsp3) is 0.423. The molecule has 1 fully saturated rings. The highest BCUT2D eigenvalue weighted by Crippen LogP contribution is 2.38. The Kier molecular flexibility index (Phi) is 8.84. The lowest BCUT2D eigenvalue weighted by Crippen LogP contribution is -2.43. The average molecular weight is 456 g/mol. The van der Waals surface area contributed by atoms with Crippen LogP contribution >= 0.6 is 11.6 Å². The maximum atomic E-state index is 12.8. The maximum Gasteiger partial charge on any atom is 0.253 e. The summed E-state index contributed by atoms with van der Waals surface area (Å²) in [6.07, 6.45) is 3.49. The van der Waals surface area contributed by atoms with Crippen LogP contribution in [0.15, 0.2) is 42.5 Å². The van der Waals surface area contributed by atoms with Crippen molar-refractivity contribution in [3.63, 3.8) is 0 Å². The van der Waals surface area contributed by atoms with E-state index in [1.807, 2.05) is 25.1 Å². The Morgan fingerprint density at radius 3 is 2.62 bits per heavy atom. The summed E-state index contributed by atoms with van der Waals surface area (Å²) >= 11 is 5.91. The van der Waals surface area contributed by atoms with Gasteiger partial charge in [-0.05, 0) is 48.2 Å². The topological polar surface area (TPSA) is 67.8 Å². The zero-order valence-electron chi connectivity index (χ0n) is 18.6. The Labute approximate surface area is 195 Å². The van der Waals surface area contributed by atoms with Crippen LogP contribution in [0, 0.1) is 11.8 Å². The normalized spacial score (nSPS) is 18.8. The van der Waals surface area contributed by atoms with Crippen molar-refractivity contribution in [1.82, 2.24) is 5.32 Å². The van der Waals surface area contributed by atoms with E-state index in [1.165, 1.54) is 0 Å². The summed E-state index contributed by atoms with van der Waals surface area (Å²) in [7, 11) is 1.62. The van der Waals surface area contributed by atoms with E-state index in [0.29, 0.717) is 28.7 Å². The minimum absolute atomic E-state index is 0.0647. The highest BCUT2D eigenvalue weighted by atomic mass is 35.5. The van der Waals surface area contributed by atoms with E-state index in [0.717, 1.165) is 37.7 Å². The predicted octanol–water partition coefficient (Wildman–Crippen LogP) is 5.02. The molecule has 0 heterocycles. The number of nitrogens with one attached hydrogen (secondary N) is 1. The molecule has 32 heavy (non-hydrogen) atoms. The molecule has 2 aromatic carbocycles. The van der Waals surface area contributed by atoms with Crippen LogP contribution in [0.5, 0.6) is 11.5 Å². The van der Waals surface area contributed by atoms with Crippen LogP contribution in [-0.4, -0.2) is 30.8 Å². The molecule has 3 rings (SSSR count). The van der Waals surface area contributed by atoms with Crippen molar-refractivity contribution in [2.75, 3.05) is 13.7 Å². The molecule has 2 aromatic rings. The van der Waals surface area contributed by atoms with Crippen LogP contribution in [0.1, 0.15) is 62.2 Å². The number of benzene rings is 2. The van der Waals surface area contributed by atoms with Gasteiger partial charge in [0.05, 0.1) is 7.11 Å². The number of hydrogen-bond donors (Lipinski definition) is 2. The summed E-state index contributed by atoms with van der Waals surface area (Å²) in [5.74, 6) is 6.98. The van der Waals surface area contributed by atoms with Gasteiger partial charge in [0, 0.05) is 23.4 Å². The van der Waals surface area contributed by atoms with Crippen molar-refractivity contribution in [1.29, 1.82) is 0 Å². The van der Waals surface area contributed by atoms with Gasteiger partial charge >= 0.3 is 0 Å². The Bertz CT molecular complexity index is 964. The SMILES string of the molecule is CCC#CCOc1ccc([C@@H]2CCCC[C@H]2NC(=O)C(O)c2ccc(Cl)cc2)cc1OC. The van der Waals surface area contributed by atoms with Gasteiger partial charge in [0.2, 0.25) is 0 Å². The molecule has 1 aliphatic carbocycles. The molecule has 6 heteroatoms. The van der Waals surface area contributed by atoms with Crippen molar-refractivity contribution >= 4 is 17.5 Å². The van der Waals surface area contributed by atoms with Crippen molar-refractivity contribution in [2.45, 2.75) is 57.1 Å². The molecule has 0 aromatic heterocycles. The fourth-order valence-corrected chi connectivity index (χ4v) is 4.21. The van der Waals surface area contributed by atoms with Gasteiger partial charge in [-0.3, -0.25) is 4.79 Å². The lowest BCUT2D eigenvalue weighted by Gasteiger charge is -2.33. The van der Waals surface area contributed by atoms with E-state index >= 15 is 0 Å². The minimum Gasteiger partial charge on any atom is -0.493 e. The second kappa shape index (κ2) is 11.8.